The van der Waals surface area contributed by atoms with E-state index >= 15 is 0 Å². The van der Waals surface area contributed by atoms with Gasteiger partial charge >= 0.3 is 11.9 Å². The Bertz CT molecular complexity index is 1350. The Morgan fingerprint density at radius 1 is 1.06 bits per heavy atom. The van der Waals surface area contributed by atoms with Crippen LogP contribution in [0.15, 0.2) is 59.3 Å². The van der Waals surface area contributed by atoms with Crippen LogP contribution >= 0.6 is 0 Å². The van der Waals surface area contributed by atoms with E-state index in [1.165, 1.54) is 5.52 Å². The number of piperidine rings is 1. The van der Waals surface area contributed by atoms with Gasteiger partial charge in [-0.05, 0) is 43.0 Å². The molecule has 0 unspecified atom stereocenters. The van der Waals surface area contributed by atoms with Gasteiger partial charge in [-0.1, -0.05) is 24.3 Å². The molecule has 1 amide bonds. The van der Waals surface area contributed by atoms with Gasteiger partial charge in [-0.2, -0.15) is 0 Å². The molecule has 182 valence electrons. The number of ether oxygens (including phenoxy) is 1. The number of likely N-dealkylation sites (tertiary alicyclic amines) is 1. The first kappa shape index (κ1) is 23.8. The van der Waals surface area contributed by atoms with Crippen LogP contribution in [-0.2, 0) is 16.1 Å². The lowest BCUT2D eigenvalue weighted by Gasteiger charge is -2.31. The van der Waals surface area contributed by atoms with E-state index < -0.39 is 11.9 Å². The van der Waals surface area contributed by atoms with Crippen LogP contribution in [0.2, 0.25) is 0 Å². The second-order valence-electron chi connectivity index (χ2n) is 8.22. The Balaban J connectivity index is 0.000000431. The zero-order valence-electron chi connectivity index (χ0n) is 19.1. The summed E-state index contributed by atoms with van der Waals surface area (Å²) in [5.41, 5.74) is 2.82. The van der Waals surface area contributed by atoms with Crippen LogP contribution in [0.3, 0.4) is 0 Å². The van der Waals surface area contributed by atoms with Gasteiger partial charge in [0.05, 0.1) is 24.5 Å². The van der Waals surface area contributed by atoms with E-state index in [2.05, 4.69) is 15.6 Å². The highest BCUT2D eigenvalue weighted by atomic mass is 16.5. The largest absolute Gasteiger partial charge is 0.493 e. The molecule has 2 N–H and O–H groups in total. The molecular formula is C25H25N3O7. The maximum atomic E-state index is 12.9. The molecule has 10 nitrogen and oxygen atoms in total. The lowest BCUT2D eigenvalue weighted by molar-refractivity contribution is -0.159. The lowest BCUT2D eigenvalue weighted by atomic mass is 9.96. The summed E-state index contributed by atoms with van der Waals surface area (Å²) in [5, 5.41) is 15.7. The monoisotopic (exact) mass is 479 g/mol. The number of nitrogens with zero attached hydrogens (tertiary/aromatic N) is 3. The van der Waals surface area contributed by atoms with Gasteiger partial charge in [-0.15, -0.1) is 0 Å². The van der Waals surface area contributed by atoms with Crippen molar-refractivity contribution in [2.24, 2.45) is 5.92 Å². The summed E-state index contributed by atoms with van der Waals surface area (Å²) in [6.45, 7) is 2.42. The molecule has 1 aliphatic rings. The summed E-state index contributed by atoms with van der Waals surface area (Å²) < 4.78 is 13.4. The molecule has 0 spiro atoms. The number of carbonyl (C=O) groups excluding carboxylic acids is 1. The van der Waals surface area contributed by atoms with Gasteiger partial charge in [-0.25, -0.2) is 14.6 Å². The minimum absolute atomic E-state index is 0.0465. The zero-order chi connectivity index (χ0) is 24.9. The molecule has 0 aliphatic carbocycles. The van der Waals surface area contributed by atoms with E-state index in [9.17, 15) is 4.79 Å². The molecule has 2 aromatic heterocycles. The van der Waals surface area contributed by atoms with Gasteiger partial charge in [0.1, 0.15) is 0 Å². The summed E-state index contributed by atoms with van der Waals surface area (Å²) in [6.07, 6.45) is 3.87. The van der Waals surface area contributed by atoms with Crippen LogP contribution in [0, 0.1) is 5.92 Å². The highest BCUT2D eigenvalue weighted by Gasteiger charge is 2.26. The number of carboxylic acids is 2. The number of aliphatic carboxylic acids is 2. The van der Waals surface area contributed by atoms with Crippen molar-refractivity contribution < 1.29 is 33.8 Å². The third kappa shape index (κ3) is 5.26. The number of carboxylic acid groups (broad SMARTS) is 2. The second-order valence-corrected chi connectivity index (χ2v) is 8.22. The molecule has 0 saturated carbocycles. The maximum absolute atomic E-state index is 12.9. The molecule has 2 aromatic carbocycles. The fourth-order valence-corrected chi connectivity index (χ4v) is 4.21. The maximum Gasteiger partial charge on any atom is 0.414 e. The summed E-state index contributed by atoms with van der Waals surface area (Å²) >= 11 is 0. The van der Waals surface area contributed by atoms with E-state index in [0.717, 1.165) is 43.4 Å². The number of imidazole rings is 1. The molecule has 3 heterocycles. The third-order valence-corrected chi connectivity index (χ3v) is 6.01. The van der Waals surface area contributed by atoms with Crippen LogP contribution in [0.5, 0.6) is 5.75 Å². The first-order valence-electron chi connectivity index (χ1n) is 11.1. The molecule has 1 saturated heterocycles. The zero-order valence-corrected chi connectivity index (χ0v) is 19.1. The van der Waals surface area contributed by atoms with Crippen molar-refractivity contribution in [1.82, 2.24) is 14.5 Å². The Kier molecular flexibility index (Phi) is 7.00. The van der Waals surface area contributed by atoms with E-state index in [-0.39, 0.29) is 5.91 Å². The van der Waals surface area contributed by atoms with Crippen LogP contribution in [0.25, 0.3) is 22.0 Å². The first-order chi connectivity index (χ1) is 16.9. The Hall–Kier alpha value is -4.34. The van der Waals surface area contributed by atoms with Crippen LogP contribution in [-0.4, -0.2) is 62.7 Å². The number of furan rings is 1. The number of rotatable bonds is 4. The fourth-order valence-electron chi connectivity index (χ4n) is 4.21. The highest BCUT2D eigenvalue weighted by molar-refractivity contribution is 6.27. The summed E-state index contributed by atoms with van der Waals surface area (Å²) in [7, 11) is 1.60. The average Bonchev–Trinajstić information content (AvgIpc) is 3.49. The summed E-state index contributed by atoms with van der Waals surface area (Å²) in [6, 6.07) is 15.7. The second kappa shape index (κ2) is 10.3. The third-order valence-electron chi connectivity index (χ3n) is 6.01. The van der Waals surface area contributed by atoms with E-state index in [1.54, 1.807) is 7.11 Å². The molecule has 1 aliphatic heterocycles. The molecule has 0 atom stereocenters. The van der Waals surface area contributed by atoms with Crippen molar-refractivity contribution >= 4 is 39.8 Å². The summed E-state index contributed by atoms with van der Waals surface area (Å²) in [5.74, 6) is -2.14. The Labute approximate surface area is 200 Å². The number of hydrogen-bond acceptors (Lipinski definition) is 6. The molecule has 35 heavy (non-hydrogen) atoms. The molecule has 5 rings (SSSR count). The van der Waals surface area contributed by atoms with Crippen LogP contribution < -0.4 is 4.74 Å². The van der Waals surface area contributed by atoms with Gasteiger partial charge < -0.3 is 28.8 Å². The van der Waals surface area contributed by atoms with E-state index in [0.29, 0.717) is 23.0 Å². The van der Waals surface area contributed by atoms with Gasteiger partial charge in [0.2, 0.25) is 0 Å². The molecular weight excluding hydrogens is 454 g/mol. The van der Waals surface area contributed by atoms with Crippen LogP contribution in [0.1, 0.15) is 23.4 Å². The van der Waals surface area contributed by atoms with E-state index in [1.807, 2.05) is 53.7 Å². The quantitative estimate of drug-likeness (QED) is 0.425. The number of methoxy groups -OCH3 is 1. The topological polar surface area (TPSA) is 135 Å². The molecule has 1 fully saturated rings. The Morgan fingerprint density at radius 2 is 1.77 bits per heavy atom. The number of fused-ring (bicyclic) bond motifs is 2. The number of para-hydroxylation sites is 3. The number of benzene rings is 2. The molecule has 10 heteroatoms. The van der Waals surface area contributed by atoms with Gasteiger partial charge in [0.15, 0.2) is 17.1 Å². The predicted octanol–water partition coefficient (Wildman–Crippen LogP) is 3.50. The number of aromatic nitrogens is 2. The average molecular weight is 479 g/mol. The molecule has 0 radical (unpaired) electrons. The standard InChI is InChI=1S/C23H23N3O3.C2H2O4/c1-28-20-8-4-5-17-13-21(29-22(17)20)23(27)25-11-9-16(10-12-25)14-26-15-24-18-6-2-3-7-19(18)26;3-1(4)2(5)6/h2-8,13,15-16H,9-12,14H2,1H3;(H,3,4)(H,5,6). The van der Waals surface area contributed by atoms with Crippen molar-refractivity contribution in [2.45, 2.75) is 19.4 Å². The van der Waals surface area contributed by atoms with Crippen molar-refractivity contribution in [3.05, 3.63) is 60.6 Å². The van der Waals surface area contributed by atoms with Crippen molar-refractivity contribution in [3.8, 4) is 5.75 Å². The summed E-state index contributed by atoms with van der Waals surface area (Å²) in [4.78, 5) is 37.5. The smallest absolute Gasteiger partial charge is 0.414 e. The van der Waals surface area contributed by atoms with Gasteiger partial charge in [0, 0.05) is 25.0 Å². The van der Waals surface area contributed by atoms with Gasteiger partial charge in [0.25, 0.3) is 5.91 Å². The SMILES string of the molecule is COc1cccc2cc(C(=O)N3CCC(Cn4cnc5ccccc54)CC3)oc12.O=C(O)C(=O)O. The predicted molar refractivity (Wildman–Crippen MR) is 126 cm³/mol. The van der Waals surface area contributed by atoms with Crippen molar-refractivity contribution in [2.75, 3.05) is 20.2 Å². The van der Waals surface area contributed by atoms with Gasteiger partial charge in [-0.3, -0.25) is 4.79 Å². The number of hydrogen-bond donors (Lipinski definition) is 2. The first-order valence-corrected chi connectivity index (χ1v) is 11.1. The lowest BCUT2D eigenvalue weighted by Crippen LogP contribution is -2.39. The minimum atomic E-state index is -1.82. The minimum Gasteiger partial charge on any atom is -0.493 e. The highest BCUT2D eigenvalue weighted by Crippen LogP contribution is 2.30. The Morgan fingerprint density at radius 3 is 2.46 bits per heavy atom. The fraction of sp³-hybridized carbons (Fsp3) is 0.280. The van der Waals surface area contributed by atoms with Crippen molar-refractivity contribution in [1.29, 1.82) is 0 Å². The van der Waals surface area contributed by atoms with E-state index in [4.69, 9.17) is 29.0 Å². The normalized spacial score (nSPS) is 13.9. The molecule has 0 bridgehead atoms. The number of amides is 1. The molecule has 4 aromatic rings. The van der Waals surface area contributed by atoms with Crippen LogP contribution in [0.4, 0.5) is 0 Å². The number of carbonyl (C=O) groups is 3. The van der Waals surface area contributed by atoms with Crippen molar-refractivity contribution in [3.63, 3.8) is 0 Å².